The van der Waals surface area contributed by atoms with Crippen LogP contribution in [0.4, 0.5) is 4.39 Å². The molecule has 1 heterocycles. The van der Waals surface area contributed by atoms with Gasteiger partial charge in [0.1, 0.15) is 5.82 Å². The fourth-order valence-electron chi connectivity index (χ4n) is 2.15. The fourth-order valence-corrected chi connectivity index (χ4v) is 2.15. The maximum Gasteiger partial charge on any atom is 0.123 e. The second-order valence-electron chi connectivity index (χ2n) is 4.45. The van der Waals surface area contributed by atoms with Crippen molar-refractivity contribution in [3.8, 4) is 0 Å². The summed E-state index contributed by atoms with van der Waals surface area (Å²) in [6.45, 7) is 4.07. The lowest BCUT2D eigenvalue weighted by Crippen LogP contribution is -2.33. The normalized spacial score (nSPS) is 17.6. The van der Waals surface area contributed by atoms with Gasteiger partial charge in [-0.3, -0.25) is 0 Å². The van der Waals surface area contributed by atoms with Crippen molar-refractivity contribution < 1.29 is 4.39 Å². The molecule has 0 unspecified atom stereocenters. The van der Waals surface area contributed by atoms with Crippen LogP contribution in [0, 0.1) is 11.7 Å². The zero-order valence-electron chi connectivity index (χ0n) is 9.51. The Kier molecular flexibility index (Phi) is 4.31. The van der Waals surface area contributed by atoms with Crippen LogP contribution >= 0.6 is 0 Å². The topological polar surface area (TPSA) is 24.1 Å². The van der Waals surface area contributed by atoms with Crippen molar-refractivity contribution in [1.82, 2.24) is 10.6 Å². The lowest BCUT2D eigenvalue weighted by atomic mass is 9.98. The largest absolute Gasteiger partial charge is 0.317 e. The van der Waals surface area contributed by atoms with Gasteiger partial charge >= 0.3 is 0 Å². The molecule has 3 heteroatoms. The molecule has 0 aromatic heterocycles. The van der Waals surface area contributed by atoms with E-state index in [-0.39, 0.29) is 5.82 Å². The molecule has 1 aliphatic heterocycles. The van der Waals surface area contributed by atoms with E-state index in [4.69, 9.17) is 0 Å². The molecule has 1 aromatic rings. The first-order valence-corrected chi connectivity index (χ1v) is 6.00. The number of hydrogen-bond acceptors (Lipinski definition) is 2. The monoisotopic (exact) mass is 222 g/mol. The van der Waals surface area contributed by atoms with Crippen molar-refractivity contribution in [2.24, 2.45) is 5.92 Å². The highest BCUT2D eigenvalue weighted by atomic mass is 19.1. The lowest BCUT2D eigenvalue weighted by Gasteiger charge is -2.22. The number of piperidine rings is 1. The summed E-state index contributed by atoms with van der Waals surface area (Å²) in [6.07, 6.45) is 2.49. The zero-order valence-corrected chi connectivity index (χ0v) is 9.51. The summed E-state index contributed by atoms with van der Waals surface area (Å²) in [5, 5.41) is 6.76. The summed E-state index contributed by atoms with van der Waals surface area (Å²) in [7, 11) is 0. The standard InChI is InChI=1S/C13H19FN2/c14-13-3-1-2-12(8-13)10-16-9-11-4-6-15-7-5-11/h1-3,8,11,15-16H,4-7,9-10H2. The minimum Gasteiger partial charge on any atom is -0.317 e. The molecule has 0 aliphatic carbocycles. The Morgan fingerprint density at radius 1 is 1.31 bits per heavy atom. The predicted octanol–water partition coefficient (Wildman–Crippen LogP) is 1.91. The molecule has 1 aromatic carbocycles. The van der Waals surface area contributed by atoms with Crippen LogP contribution in [0.5, 0.6) is 0 Å². The van der Waals surface area contributed by atoms with Gasteiger partial charge in [0.25, 0.3) is 0 Å². The Bertz CT molecular complexity index is 321. The van der Waals surface area contributed by atoms with Crippen LogP contribution in [0.3, 0.4) is 0 Å². The first-order valence-electron chi connectivity index (χ1n) is 6.00. The molecule has 1 fully saturated rings. The second kappa shape index (κ2) is 5.97. The first kappa shape index (κ1) is 11.6. The molecule has 2 rings (SSSR count). The second-order valence-corrected chi connectivity index (χ2v) is 4.45. The number of hydrogen-bond donors (Lipinski definition) is 2. The average Bonchev–Trinajstić information content (AvgIpc) is 2.30. The Balaban J connectivity index is 1.71. The summed E-state index contributed by atoms with van der Waals surface area (Å²) < 4.78 is 12.9. The minimum absolute atomic E-state index is 0.152. The Morgan fingerprint density at radius 3 is 2.88 bits per heavy atom. The third-order valence-corrected chi connectivity index (χ3v) is 3.11. The van der Waals surface area contributed by atoms with Gasteiger partial charge in [-0.25, -0.2) is 4.39 Å². The third kappa shape index (κ3) is 3.58. The Morgan fingerprint density at radius 2 is 2.12 bits per heavy atom. The van der Waals surface area contributed by atoms with Gasteiger partial charge in [-0.1, -0.05) is 12.1 Å². The lowest BCUT2D eigenvalue weighted by molar-refractivity contribution is 0.356. The molecule has 1 saturated heterocycles. The summed E-state index contributed by atoms with van der Waals surface area (Å²) in [5.74, 6) is 0.621. The molecule has 2 N–H and O–H groups in total. The highest BCUT2D eigenvalue weighted by molar-refractivity contribution is 5.15. The number of nitrogens with one attached hydrogen (secondary N) is 2. The molecule has 0 amide bonds. The highest BCUT2D eigenvalue weighted by Gasteiger charge is 2.11. The highest BCUT2D eigenvalue weighted by Crippen LogP contribution is 2.10. The van der Waals surface area contributed by atoms with E-state index in [1.165, 1.54) is 18.9 Å². The van der Waals surface area contributed by atoms with Crippen LogP contribution in [0.25, 0.3) is 0 Å². The minimum atomic E-state index is -0.152. The van der Waals surface area contributed by atoms with Gasteiger partial charge in [-0.2, -0.15) is 0 Å². The van der Waals surface area contributed by atoms with Gasteiger partial charge in [0.05, 0.1) is 0 Å². The number of rotatable bonds is 4. The molecule has 2 nitrogen and oxygen atoms in total. The maximum absolute atomic E-state index is 12.9. The van der Waals surface area contributed by atoms with E-state index in [9.17, 15) is 4.39 Å². The zero-order chi connectivity index (χ0) is 11.2. The average molecular weight is 222 g/mol. The molecule has 1 aliphatic rings. The van der Waals surface area contributed by atoms with E-state index in [0.717, 1.165) is 37.7 Å². The molecule has 0 atom stereocenters. The smallest absolute Gasteiger partial charge is 0.123 e. The van der Waals surface area contributed by atoms with E-state index < -0.39 is 0 Å². The molecule has 0 saturated carbocycles. The van der Waals surface area contributed by atoms with Crippen molar-refractivity contribution in [3.05, 3.63) is 35.6 Å². The molecule has 0 bridgehead atoms. The van der Waals surface area contributed by atoms with Gasteiger partial charge in [0.2, 0.25) is 0 Å². The van der Waals surface area contributed by atoms with Crippen molar-refractivity contribution in [1.29, 1.82) is 0 Å². The van der Waals surface area contributed by atoms with Crippen LogP contribution in [0.2, 0.25) is 0 Å². The Hall–Kier alpha value is -0.930. The molecule has 0 radical (unpaired) electrons. The summed E-state index contributed by atoms with van der Waals surface area (Å²) >= 11 is 0. The van der Waals surface area contributed by atoms with Crippen molar-refractivity contribution in [2.45, 2.75) is 19.4 Å². The van der Waals surface area contributed by atoms with Gasteiger partial charge in [0, 0.05) is 6.54 Å². The van der Waals surface area contributed by atoms with Crippen LogP contribution in [0.15, 0.2) is 24.3 Å². The number of halogens is 1. The quantitative estimate of drug-likeness (QED) is 0.813. The molecule has 16 heavy (non-hydrogen) atoms. The van der Waals surface area contributed by atoms with Gasteiger partial charge in [-0.15, -0.1) is 0 Å². The summed E-state index contributed by atoms with van der Waals surface area (Å²) in [4.78, 5) is 0. The van der Waals surface area contributed by atoms with E-state index in [1.807, 2.05) is 6.07 Å². The molecule has 88 valence electrons. The van der Waals surface area contributed by atoms with E-state index in [1.54, 1.807) is 12.1 Å². The van der Waals surface area contributed by atoms with E-state index >= 15 is 0 Å². The van der Waals surface area contributed by atoms with Crippen molar-refractivity contribution in [2.75, 3.05) is 19.6 Å². The fraction of sp³-hybridized carbons (Fsp3) is 0.538. The van der Waals surface area contributed by atoms with Gasteiger partial charge < -0.3 is 10.6 Å². The summed E-state index contributed by atoms with van der Waals surface area (Å²) in [5.41, 5.74) is 1.02. The van der Waals surface area contributed by atoms with Crippen LogP contribution in [-0.2, 0) is 6.54 Å². The van der Waals surface area contributed by atoms with Gasteiger partial charge in [0.15, 0.2) is 0 Å². The molecular weight excluding hydrogens is 203 g/mol. The Labute approximate surface area is 96.2 Å². The molecule has 0 spiro atoms. The third-order valence-electron chi connectivity index (χ3n) is 3.11. The number of benzene rings is 1. The van der Waals surface area contributed by atoms with E-state index in [0.29, 0.717) is 0 Å². The summed E-state index contributed by atoms with van der Waals surface area (Å²) in [6, 6.07) is 6.79. The maximum atomic E-state index is 12.9. The molecular formula is C13H19FN2. The van der Waals surface area contributed by atoms with Crippen LogP contribution in [0.1, 0.15) is 18.4 Å². The first-order chi connectivity index (χ1) is 7.84. The van der Waals surface area contributed by atoms with E-state index in [2.05, 4.69) is 10.6 Å². The van der Waals surface area contributed by atoms with Gasteiger partial charge in [-0.05, 0) is 56.1 Å². The SMILES string of the molecule is Fc1cccc(CNCC2CCNCC2)c1. The van der Waals surface area contributed by atoms with Crippen molar-refractivity contribution >= 4 is 0 Å². The van der Waals surface area contributed by atoms with Crippen LogP contribution < -0.4 is 10.6 Å². The van der Waals surface area contributed by atoms with Crippen molar-refractivity contribution in [3.63, 3.8) is 0 Å². The predicted molar refractivity (Wildman–Crippen MR) is 63.7 cm³/mol. The van der Waals surface area contributed by atoms with Crippen LogP contribution in [-0.4, -0.2) is 19.6 Å².